The van der Waals surface area contributed by atoms with E-state index in [-0.39, 0.29) is 0 Å². The molecule has 0 saturated carbocycles. The van der Waals surface area contributed by atoms with E-state index in [0.717, 1.165) is 0 Å². The molecule has 0 radical (unpaired) electrons. The van der Waals surface area contributed by atoms with Gasteiger partial charge in [0.25, 0.3) is 6.54 Å². The van der Waals surface area contributed by atoms with Gasteiger partial charge in [0.05, 0.1) is 0 Å². The Bertz CT molecular complexity index is 74.1. The molecular formula is C2H3F2NO2. The molecule has 0 rings (SSSR count). The molecule has 0 aromatic heterocycles. The predicted molar refractivity (Wildman–Crippen MR) is 17.9 cm³/mol. The largest absolute Gasteiger partial charge is 0.301 e. The van der Waals surface area contributed by atoms with Gasteiger partial charge in [-0.2, -0.15) is 0 Å². The van der Waals surface area contributed by atoms with E-state index in [4.69, 9.17) is 10.1 Å². The van der Waals surface area contributed by atoms with Crippen LogP contribution in [0.2, 0.25) is 0 Å². The lowest BCUT2D eigenvalue weighted by Crippen LogP contribution is -2.09. The Kier molecular flexibility index (Phi) is 2.18. The average molecular weight is 111 g/mol. The normalized spacial score (nSPS) is 9.57. The van der Waals surface area contributed by atoms with Gasteiger partial charge < -0.3 is 0 Å². The van der Waals surface area contributed by atoms with Crippen LogP contribution < -0.4 is 0 Å². The Morgan fingerprint density at radius 1 is 1.71 bits per heavy atom. The number of hydrogen-bond acceptors (Lipinski definition) is 2. The molecule has 3 nitrogen and oxygen atoms in total. The maximum atomic E-state index is 10.8. The number of hydrogen-bond donors (Lipinski definition) is 0. The highest BCUT2D eigenvalue weighted by Crippen LogP contribution is 1.89. The summed E-state index contributed by atoms with van der Waals surface area (Å²) in [5.74, 6) is 0. The fourth-order valence-electron chi connectivity index (χ4n) is 0.113. The van der Waals surface area contributed by atoms with Gasteiger partial charge in [-0.15, -0.1) is 0 Å². The minimum atomic E-state index is -2.82. The van der Waals surface area contributed by atoms with Crippen molar-refractivity contribution in [2.75, 3.05) is 6.54 Å². The summed E-state index contributed by atoms with van der Waals surface area (Å²) in [5, 5.41) is 9.14. The minimum absolute atomic E-state index is 1.05. The molecule has 0 N–H and O–H groups in total. The smallest absolute Gasteiger partial charge is 0.264 e. The first-order valence-electron chi connectivity index (χ1n) is 1.53. The molecule has 0 amide bonds. The van der Waals surface area contributed by atoms with Crippen molar-refractivity contribution in [2.45, 2.75) is 6.43 Å². The van der Waals surface area contributed by atoms with Gasteiger partial charge in [0, 0.05) is 4.92 Å². The molecule has 7 heavy (non-hydrogen) atoms. The quantitative estimate of drug-likeness (QED) is 0.385. The first kappa shape index (κ1) is 6.26. The molecule has 0 aromatic carbocycles. The van der Waals surface area contributed by atoms with Crippen LogP contribution in [0.5, 0.6) is 0 Å². The van der Waals surface area contributed by atoms with Crippen LogP contribution >= 0.6 is 0 Å². The van der Waals surface area contributed by atoms with Crippen molar-refractivity contribution >= 4 is 0 Å². The van der Waals surface area contributed by atoms with Crippen LogP contribution in [0.4, 0.5) is 8.78 Å². The summed E-state index contributed by atoms with van der Waals surface area (Å²) in [7, 11) is 0. The molecule has 42 valence electrons. The Labute approximate surface area is 38.1 Å². The van der Waals surface area contributed by atoms with Crippen LogP contribution in [0.1, 0.15) is 0 Å². The maximum absolute atomic E-state index is 10.8. The standard InChI is InChI=1S/C2H3F2NO2/c3-2(4)1-5(6)7/h2H,1H2. The summed E-state index contributed by atoms with van der Waals surface area (Å²) in [6, 6.07) is 0. The van der Waals surface area contributed by atoms with Crippen LogP contribution in [0.25, 0.3) is 0 Å². The molecule has 0 aromatic rings. The summed E-state index contributed by atoms with van der Waals surface area (Å²) >= 11 is 0. The summed E-state index contributed by atoms with van der Waals surface area (Å²) in [5.41, 5.74) is 0. The van der Waals surface area contributed by atoms with E-state index in [0.29, 0.717) is 0 Å². The van der Waals surface area contributed by atoms with Gasteiger partial charge in [0.1, 0.15) is 0 Å². The molecule has 5 heteroatoms. The second kappa shape index (κ2) is 2.44. The highest BCUT2D eigenvalue weighted by atomic mass is 19.3. The third-order valence-electron chi connectivity index (χ3n) is 0.287. The molecule has 0 bridgehead atoms. The summed E-state index contributed by atoms with van der Waals surface area (Å²) < 4.78 is 21.7. The molecule has 0 spiro atoms. The van der Waals surface area contributed by atoms with Crippen molar-refractivity contribution in [3.05, 3.63) is 10.1 Å². The van der Waals surface area contributed by atoms with Crippen LogP contribution in [-0.2, 0) is 0 Å². The van der Waals surface area contributed by atoms with Crippen molar-refractivity contribution in [1.82, 2.24) is 0 Å². The number of alkyl halides is 2. The third-order valence-corrected chi connectivity index (χ3v) is 0.287. The summed E-state index contributed by atoms with van der Waals surface area (Å²) in [6.45, 7) is -1.25. The lowest BCUT2D eigenvalue weighted by atomic mass is 10.7. The van der Waals surface area contributed by atoms with E-state index in [1.807, 2.05) is 0 Å². The second-order valence-electron chi connectivity index (χ2n) is 0.906. The van der Waals surface area contributed by atoms with Gasteiger partial charge in [-0.05, 0) is 0 Å². The van der Waals surface area contributed by atoms with E-state index >= 15 is 0 Å². The maximum Gasteiger partial charge on any atom is 0.301 e. The zero-order valence-electron chi connectivity index (χ0n) is 3.30. The fraction of sp³-hybridized carbons (Fsp3) is 1.00. The van der Waals surface area contributed by atoms with E-state index in [1.54, 1.807) is 0 Å². The molecule has 0 heterocycles. The van der Waals surface area contributed by atoms with E-state index < -0.39 is 17.9 Å². The molecule has 0 fully saturated rings. The van der Waals surface area contributed by atoms with Crippen molar-refractivity contribution < 1.29 is 13.7 Å². The van der Waals surface area contributed by atoms with Crippen LogP contribution in [-0.4, -0.2) is 17.9 Å². The molecule has 0 atom stereocenters. The van der Waals surface area contributed by atoms with Gasteiger partial charge in [-0.25, -0.2) is 8.78 Å². The van der Waals surface area contributed by atoms with Crippen LogP contribution in [0.15, 0.2) is 0 Å². The monoisotopic (exact) mass is 111 g/mol. The number of rotatable bonds is 2. The van der Waals surface area contributed by atoms with Crippen molar-refractivity contribution in [3.63, 3.8) is 0 Å². The van der Waals surface area contributed by atoms with Gasteiger partial charge in [-0.1, -0.05) is 0 Å². The van der Waals surface area contributed by atoms with Crippen molar-refractivity contribution in [2.24, 2.45) is 0 Å². The van der Waals surface area contributed by atoms with Gasteiger partial charge in [0.2, 0.25) is 0 Å². The Morgan fingerprint density at radius 2 is 2.14 bits per heavy atom. The first-order chi connectivity index (χ1) is 3.13. The highest BCUT2D eigenvalue weighted by molar-refractivity contribution is 4.28. The van der Waals surface area contributed by atoms with Crippen LogP contribution in [0, 0.1) is 10.1 Å². The number of nitro groups is 1. The second-order valence-corrected chi connectivity index (χ2v) is 0.906. The molecule has 0 aliphatic carbocycles. The SMILES string of the molecule is O=[N+]([O-])CC(F)F. The molecule has 0 aliphatic heterocycles. The zero-order valence-corrected chi connectivity index (χ0v) is 3.30. The number of halogens is 2. The molecule has 0 aliphatic rings. The number of nitrogens with zero attached hydrogens (tertiary/aromatic N) is 1. The lowest BCUT2D eigenvalue weighted by molar-refractivity contribution is -0.493. The van der Waals surface area contributed by atoms with E-state index in [1.165, 1.54) is 0 Å². The zero-order chi connectivity index (χ0) is 5.86. The lowest BCUT2D eigenvalue weighted by Gasteiger charge is -1.85. The summed E-state index contributed by atoms with van der Waals surface area (Å²) in [6.07, 6.45) is -2.82. The Morgan fingerprint density at radius 3 is 2.14 bits per heavy atom. The average Bonchev–Trinajstić information content (AvgIpc) is 1.27. The van der Waals surface area contributed by atoms with Gasteiger partial charge in [0.15, 0.2) is 0 Å². The minimum Gasteiger partial charge on any atom is -0.264 e. The fourth-order valence-corrected chi connectivity index (χ4v) is 0.113. The third kappa shape index (κ3) is 5.26. The van der Waals surface area contributed by atoms with Gasteiger partial charge >= 0.3 is 6.43 Å². The van der Waals surface area contributed by atoms with Gasteiger partial charge in [-0.3, -0.25) is 10.1 Å². The van der Waals surface area contributed by atoms with E-state index in [2.05, 4.69) is 0 Å². The molecular weight excluding hydrogens is 108 g/mol. The first-order valence-corrected chi connectivity index (χ1v) is 1.53. The van der Waals surface area contributed by atoms with Crippen molar-refractivity contribution in [3.8, 4) is 0 Å². The van der Waals surface area contributed by atoms with Crippen LogP contribution in [0.3, 0.4) is 0 Å². The summed E-state index contributed by atoms with van der Waals surface area (Å²) in [4.78, 5) is 8.08. The Hall–Kier alpha value is -0.740. The van der Waals surface area contributed by atoms with E-state index in [9.17, 15) is 8.78 Å². The molecule has 0 saturated heterocycles. The topological polar surface area (TPSA) is 43.1 Å². The molecule has 0 unspecified atom stereocenters. The predicted octanol–water partition coefficient (Wildman–Crippen LogP) is 0.528. The highest BCUT2D eigenvalue weighted by Gasteiger charge is 2.08. The van der Waals surface area contributed by atoms with Crippen molar-refractivity contribution in [1.29, 1.82) is 0 Å². The Balaban J connectivity index is 3.13.